The summed E-state index contributed by atoms with van der Waals surface area (Å²) in [6.07, 6.45) is 0.371. The molecule has 0 fully saturated rings. The Morgan fingerprint density at radius 3 is 3.16 bits per heavy atom. The van der Waals surface area contributed by atoms with E-state index in [9.17, 15) is 4.79 Å². The van der Waals surface area contributed by atoms with Crippen LogP contribution < -0.4 is 5.32 Å². The molecule has 1 N–H and O–H groups in total. The quantitative estimate of drug-likeness (QED) is 0.905. The van der Waals surface area contributed by atoms with E-state index < -0.39 is 0 Å². The van der Waals surface area contributed by atoms with Crippen molar-refractivity contribution in [2.75, 3.05) is 18.4 Å². The minimum atomic E-state index is -0.0250. The van der Waals surface area contributed by atoms with Crippen molar-refractivity contribution in [2.45, 2.75) is 13.3 Å². The van der Waals surface area contributed by atoms with Crippen LogP contribution >= 0.6 is 11.8 Å². The van der Waals surface area contributed by atoms with Crippen LogP contribution in [0.25, 0.3) is 0 Å². The van der Waals surface area contributed by atoms with E-state index in [0.717, 1.165) is 35.5 Å². The highest BCUT2D eigenvalue weighted by atomic mass is 32.2. The first-order valence-electron chi connectivity index (χ1n) is 6.11. The maximum Gasteiger partial charge on any atom is 0.231 e. The number of hydrogen-bond donors (Lipinski definition) is 1. The Balaban J connectivity index is 1.63. The summed E-state index contributed by atoms with van der Waals surface area (Å²) in [5.74, 6) is 0.701. The van der Waals surface area contributed by atoms with Crippen LogP contribution in [0.3, 0.4) is 0 Å². The second-order valence-corrected chi connectivity index (χ2v) is 5.40. The number of aliphatic imine (C=N–C) groups is 1. The van der Waals surface area contributed by atoms with E-state index >= 15 is 0 Å². The standard InChI is InChI=1S/C12H15N5OS/c1-8-5-10(16(2)15-8)14-11(18)6-9-7-19-12-13-3-4-17(9)12/h5,7H,3-4,6H2,1-2H3,(H,14,18). The summed E-state index contributed by atoms with van der Waals surface area (Å²) in [5, 5.41) is 10.1. The number of aromatic nitrogens is 2. The van der Waals surface area contributed by atoms with Crippen LogP contribution in [0.15, 0.2) is 22.2 Å². The van der Waals surface area contributed by atoms with Crippen molar-refractivity contribution in [3.63, 3.8) is 0 Å². The zero-order chi connectivity index (χ0) is 13.4. The summed E-state index contributed by atoms with van der Waals surface area (Å²) in [7, 11) is 1.82. The van der Waals surface area contributed by atoms with Gasteiger partial charge in [-0.2, -0.15) is 5.10 Å². The topological polar surface area (TPSA) is 62.5 Å². The van der Waals surface area contributed by atoms with Gasteiger partial charge in [0, 0.05) is 25.4 Å². The molecule has 3 rings (SSSR count). The molecule has 2 aliphatic heterocycles. The first-order chi connectivity index (χ1) is 9.13. The number of nitrogens with one attached hydrogen (secondary N) is 1. The number of amides is 1. The molecule has 0 saturated heterocycles. The minimum absolute atomic E-state index is 0.0250. The molecular formula is C12H15N5OS. The highest BCUT2D eigenvalue weighted by Gasteiger charge is 2.27. The van der Waals surface area contributed by atoms with Gasteiger partial charge in [0.1, 0.15) is 5.82 Å². The smallest absolute Gasteiger partial charge is 0.231 e. The maximum absolute atomic E-state index is 12.0. The van der Waals surface area contributed by atoms with Gasteiger partial charge in [-0.25, -0.2) is 0 Å². The number of hydrogen-bond acceptors (Lipinski definition) is 5. The van der Waals surface area contributed by atoms with Crippen molar-refractivity contribution in [1.82, 2.24) is 14.7 Å². The lowest BCUT2D eigenvalue weighted by Crippen LogP contribution is -2.24. The van der Waals surface area contributed by atoms with E-state index in [-0.39, 0.29) is 5.91 Å². The van der Waals surface area contributed by atoms with Gasteiger partial charge in [-0.3, -0.25) is 14.5 Å². The molecule has 19 heavy (non-hydrogen) atoms. The summed E-state index contributed by atoms with van der Waals surface area (Å²) in [6, 6.07) is 1.86. The van der Waals surface area contributed by atoms with E-state index in [1.165, 1.54) is 0 Å². The van der Waals surface area contributed by atoms with Crippen molar-refractivity contribution >= 4 is 28.7 Å². The molecule has 0 aromatic carbocycles. The zero-order valence-electron chi connectivity index (χ0n) is 10.9. The molecule has 0 aliphatic carbocycles. The van der Waals surface area contributed by atoms with E-state index in [4.69, 9.17) is 0 Å². The Bertz CT molecular complexity index is 589. The van der Waals surface area contributed by atoms with Gasteiger partial charge in [0.2, 0.25) is 5.91 Å². The molecular weight excluding hydrogens is 262 g/mol. The number of anilines is 1. The highest BCUT2D eigenvalue weighted by Crippen LogP contribution is 2.30. The first-order valence-corrected chi connectivity index (χ1v) is 6.99. The Hall–Kier alpha value is -1.76. The zero-order valence-corrected chi connectivity index (χ0v) is 11.7. The van der Waals surface area contributed by atoms with E-state index in [0.29, 0.717) is 6.42 Å². The number of amidine groups is 1. The average molecular weight is 277 g/mol. The van der Waals surface area contributed by atoms with Crippen LogP contribution in [0.4, 0.5) is 5.82 Å². The molecule has 1 amide bonds. The minimum Gasteiger partial charge on any atom is -0.322 e. The molecule has 1 aromatic rings. The van der Waals surface area contributed by atoms with Crippen LogP contribution in [-0.4, -0.2) is 38.8 Å². The molecule has 0 radical (unpaired) electrons. The van der Waals surface area contributed by atoms with Gasteiger partial charge in [-0.1, -0.05) is 11.8 Å². The van der Waals surface area contributed by atoms with Crippen molar-refractivity contribution in [3.8, 4) is 0 Å². The van der Waals surface area contributed by atoms with Gasteiger partial charge in [0.05, 0.1) is 18.7 Å². The number of nitrogens with zero attached hydrogens (tertiary/aromatic N) is 4. The molecule has 1 aromatic heterocycles. The van der Waals surface area contributed by atoms with Crippen molar-refractivity contribution in [3.05, 3.63) is 22.9 Å². The predicted molar refractivity (Wildman–Crippen MR) is 75.9 cm³/mol. The number of carbonyl (C=O) groups excluding carboxylic acids is 1. The van der Waals surface area contributed by atoms with Gasteiger partial charge in [-0.05, 0) is 12.3 Å². The summed E-state index contributed by atoms with van der Waals surface area (Å²) < 4.78 is 1.67. The molecule has 0 saturated carbocycles. The van der Waals surface area contributed by atoms with Crippen LogP contribution in [0.5, 0.6) is 0 Å². The van der Waals surface area contributed by atoms with E-state index in [2.05, 4.69) is 20.3 Å². The number of rotatable bonds is 3. The third-order valence-corrected chi connectivity index (χ3v) is 4.01. The molecule has 0 atom stereocenters. The van der Waals surface area contributed by atoms with Crippen molar-refractivity contribution in [1.29, 1.82) is 0 Å². The SMILES string of the molecule is Cc1cc(NC(=O)CC2=CSC3=NCCN23)n(C)n1. The molecule has 0 unspecified atom stereocenters. The van der Waals surface area contributed by atoms with E-state index in [1.807, 2.05) is 25.4 Å². The molecule has 7 heteroatoms. The lowest BCUT2D eigenvalue weighted by molar-refractivity contribution is -0.115. The van der Waals surface area contributed by atoms with Crippen molar-refractivity contribution < 1.29 is 4.79 Å². The van der Waals surface area contributed by atoms with Crippen LogP contribution in [0, 0.1) is 6.92 Å². The Labute approximate surface area is 115 Å². The molecule has 2 aliphatic rings. The van der Waals surface area contributed by atoms with Crippen molar-refractivity contribution in [2.24, 2.45) is 12.0 Å². The molecule has 0 bridgehead atoms. The second kappa shape index (κ2) is 4.73. The van der Waals surface area contributed by atoms with Crippen LogP contribution in [-0.2, 0) is 11.8 Å². The average Bonchev–Trinajstić information content (AvgIpc) is 2.99. The number of fused-ring (bicyclic) bond motifs is 1. The summed E-state index contributed by atoms with van der Waals surface area (Å²) in [4.78, 5) is 18.5. The molecule has 3 heterocycles. The second-order valence-electron chi connectivity index (χ2n) is 4.56. The number of aryl methyl sites for hydroxylation is 2. The maximum atomic E-state index is 12.0. The summed E-state index contributed by atoms with van der Waals surface area (Å²) >= 11 is 1.59. The lowest BCUT2D eigenvalue weighted by atomic mass is 10.3. The predicted octanol–water partition coefficient (Wildman–Crippen LogP) is 1.32. The lowest BCUT2D eigenvalue weighted by Gasteiger charge is -2.16. The Morgan fingerprint density at radius 2 is 2.42 bits per heavy atom. The third-order valence-electron chi connectivity index (χ3n) is 3.06. The van der Waals surface area contributed by atoms with Gasteiger partial charge < -0.3 is 10.2 Å². The Morgan fingerprint density at radius 1 is 1.58 bits per heavy atom. The fourth-order valence-electron chi connectivity index (χ4n) is 2.19. The third kappa shape index (κ3) is 2.37. The van der Waals surface area contributed by atoms with Gasteiger partial charge in [-0.15, -0.1) is 0 Å². The van der Waals surface area contributed by atoms with Gasteiger partial charge in [0.25, 0.3) is 0 Å². The first kappa shape index (κ1) is 12.3. The highest BCUT2D eigenvalue weighted by molar-refractivity contribution is 8.16. The van der Waals surface area contributed by atoms with E-state index in [1.54, 1.807) is 16.4 Å². The monoisotopic (exact) mass is 277 g/mol. The van der Waals surface area contributed by atoms with Gasteiger partial charge >= 0.3 is 0 Å². The Kier molecular flexibility index (Phi) is 3.06. The van der Waals surface area contributed by atoms with Gasteiger partial charge in [0.15, 0.2) is 5.17 Å². The molecule has 6 nitrogen and oxygen atoms in total. The molecule has 100 valence electrons. The fraction of sp³-hybridized carbons (Fsp3) is 0.417. The number of carbonyl (C=O) groups is 1. The summed E-state index contributed by atoms with van der Waals surface area (Å²) in [6.45, 7) is 3.60. The number of thioether (sulfide) groups is 1. The van der Waals surface area contributed by atoms with Crippen LogP contribution in [0.1, 0.15) is 12.1 Å². The normalized spacial score (nSPS) is 17.3. The van der Waals surface area contributed by atoms with Crippen LogP contribution in [0.2, 0.25) is 0 Å². The fourth-order valence-corrected chi connectivity index (χ4v) is 3.15. The molecule has 0 spiro atoms. The largest absolute Gasteiger partial charge is 0.322 e. The summed E-state index contributed by atoms with van der Waals surface area (Å²) in [5.41, 5.74) is 1.92.